The molecule has 0 radical (unpaired) electrons. The minimum Gasteiger partial charge on any atom is -0.352 e. The van der Waals surface area contributed by atoms with Gasteiger partial charge < -0.3 is 5.32 Å². The van der Waals surface area contributed by atoms with Gasteiger partial charge in [-0.3, -0.25) is 9.89 Å². The molecular weight excluding hydrogens is 166 g/mol. The molecule has 1 aromatic rings. The second kappa shape index (κ2) is 5.35. The van der Waals surface area contributed by atoms with Gasteiger partial charge in [0, 0.05) is 24.7 Å². The minimum atomic E-state index is 0.114. The van der Waals surface area contributed by atoms with E-state index >= 15 is 0 Å². The first-order valence-corrected chi connectivity index (χ1v) is 4.57. The second-order valence-corrected chi connectivity index (χ2v) is 2.99. The van der Waals surface area contributed by atoms with Crippen molar-refractivity contribution in [2.45, 2.75) is 32.7 Å². The van der Waals surface area contributed by atoms with Gasteiger partial charge in [0.15, 0.2) is 0 Å². The average molecular weight is 181 g/mol. The van der Waals surface area contributed by atoms with Crippen LogP contribution in [0, 0.1) is 0 Å². The van der Waals surface area contributed by atoms with Crippen molar-refractivity contribution in [3.8, 4) is 0 Å². The number of aromatic amines is 1. The number of hydrogen-bond acceptors (Lipinski definition) is 2. The normalized spacial score (nSPS) is 9.92. The van der Waals surface area contributed by atoms with Gasteiger partial charge >= 0.3 is 0 Å². The van der Waals surface area contributed by atoms with Crippen molar-refractivity contribution >= 4 is 5.91 Å². The molecular formula is C9H15N3O. The lowest BCUT2D eigenvalue weighted by Crippen LogP contribution is -2.21. The third-order valence-corrected chi connectivity index (χ3v) is 1.80. The third kappa shape index (κ3) is 3.73. The molecule has 0 aliphatic rings. The van der Waals surface area contributed by atoms with Gasteiger partial charge in [0.2, 0.25) is 5.91 Å². The highest BCUT2D eigenvalue weighted by atomic mass is 16.1. The number of carbonyl (C=O) groups excluding carboxylic acids is 1. The highest BCUT2D eigenvalue weighted by Gasteiger charge is 1.99. The highest BCUT2D eigenvalue weighted by Crippen LogP contribution is 1.96. The summed E-state index contributed by atoms with van der Waals surface area (Å²) in [5, 5.41) is 9.30. The Bertz CT molecular complexity index is 243. The zero-order chi connectivity index (χ0) is 9.52. The van der Waals surface area contributed by atoms with E-state index in [4.69, 9.17) is 0 Å². The number of rotatable bonds is 5. The summed E-state index contributed by atoms with van der Waals surface area (Å²) in [6.45, 7) is 2.64. The van der Waals surface area contributed by atoms with Crippen molar-refractivity contribution in [2.75, 3.05) is 0 Å². The smallest absolute Gasteiger partial charge is 0.220 e. The molecule has 1 amide bonds. The van der Waals surface area contributed by atoms with E-state index in [1.807, 2.05) is 0 Å². The van der Waals surface area contributed by atoms with E-state index in [0.29, 0.717) is 13.0 Å². The maximum absolute atomic E-state index is 11.2. The van der Waals surface area contributed by atoms with Gasteiger partial charge in [0.1, 0.15) is 0 Å². The van der Waals surface area contributed by atoms with E-state index in [2.05, 4.69) is 22.4 Å². The summed E-state index contributed by atoms with van der Waals surface area (Å²) in [7, 11) is 0. The maximum atomic E-state index is 11.2. The number of nitrogens with zero attached hydrogens (tertiary/aromatic N) is 1. The summed E-state index contributed by atoms with van der Waals surface area (Å²) in [6, 6.07) is 0. The Kier molecular flexibility index (Phi) is 4.02. The number of nitrogens with one attached hydrogen (secondary N) is 2. The molecule has 0 saturated carbocycles. The van der Waals surface area contributed by atoms with Crippen molar-refractivity contribution in [2.24, 2.45) is 0 Å². The van der Waals surface area contributed by atoms with Crippen LogP contribution in [0.5, 0.6) is 0 Å². The molecule has 0 spiro atoms. The van der Waals surface area contributed by atoms with Gasteiger partial charge in [-0.05, 0) is 6.42 Å². The fourth-order valence-electron chi connectivity index (χ4n) is 1.00. The molecule has 1 aromatic heterocycles. The topological polar surface area (TPSA) is 57.8 Å². The zero-order valence-electron chi connectivity index (χ0n) is 7.84. The molecule has 13 heavy (non-hydrogen) atoms. The fourth-order valence-corrected chi connectivity index (χ4v) is 1.00. The van der Waals surface area contributed by atoms with E-state index in [1.54, 1.807) is 12.4 Å². The van der Waals surface area contributed by atoms with Crippen molar-refractivity contribution in [3.63, 3.8) is 0 Å². The third-order valence-electron chi connectivity index (χ3n) is 1.80. The lowest BCUT2D eigenvalue weighted by atomic mass is 10.2. The maximum Gasteiger partial charge on any atom is 0.220 e. The molecule has 0 unspecified atom stereocenters. The summed E-state index contributed by atoms with van der Waals surface area (Å²) < 4.78 is 0. The Hall–Kier alpha value is -1.32. The number of carbonyl (C=O) groups is 1. The van der Waals surface area contributed by atoms with Crippen LogP contribution in [-0.2, 0) is 11.3 Å². The summed E-state index contributed by atoms with van der Waals surface area (Å²) in [6.07, 6.45) is 6.12. The van der Waals surface area contributed by atoms with E-state index in [1.165, 1.54) is 0 Å². The van der Waals surface area contributed by atoms with Gasteiger partial charge in [-0.1, -0.05) is 13.3 Å². The average Bonchev–Trinajstić information content (AvgIpc) is 2.64. The summed E-state index contributed by atoms with van der Waals surface area (Å²) >= 11 is 0. The van der Waals surface area contributed by atoms with Crippen LogP contribution in [0.1, 0.15) is 31.7 Å². The van der Waals surface area contributed by atoms with Crippen LogP contribution in [0.25, 0.3) is 0 Å². The van der Waals surface area contributed by atoms with Crippen LogP contribution in [-0.4, -0.2) is 16.1 Å². The van der Waals surface area contributed by atoms with Crippen LogP contribution in [0.4, 0.5) is 0 Å². The Morgan fingerprint density at radius 3 is 3.15 bits per heavy atom. The first kappa shape index (κ1) is 9.77. The lowest BCUT2D eigenvalue weighted by molar-refractivity contribution is -0.121. The quantitative estimate of drug-likeness (QED) is 0.717. The number of amides is 1. The van der Waals surface area contributed by atoms with E-state index in [-0.39, 0.29) is 5.91 Å². The Morgan fingerprint density at radius 1 is 1.69 bits per heavy atom. The molecule has 0 saturated heterocycles. The first-order chi connectivity index (χ1) is 6.33. The Labute approximate surface area is 77.7 Å². The molecule has 0 aliphatic heterocycles. The van der Waals surface area contributed by atoms with E-state index in [9.17, 15) is 4.79 Å². The van der Waals surface area contributed by atoms with Gasteiger partial charge in [-0.15, -0.1) is 0 Å². The first-order valence-electron chi connectivity index (χ1n) is 4.57. The Morgan fingerprint density at radius 2 is 2.54 bits per heavy atom. The van der Waals surface area contributed by atoms with Crippen LogP contribution < -0.4 is 5.32 Å². The second-order valence-electron chi connectivity index (χ2n) is 2.99. The van der Waals surface area contributed by atoms with Gasteiger partial charge in [-0.25, -0.2) is 0 Å². The predicted molar refractivity (Wildman–Crippen MR) is 50.0 cm³/mol. The predicted octanol–water partition coefficient (Wildman–Crippen LogP) is 1.22. The van der Waals surface area contributed by atoms with E-state index in [0.717, 1.165) is 18.4 Å². The van der Waals surface area contributed by atoms with Crippen LogP contribution in [0.3, 0.4) is 0 Å². The molecule has 4 nitrogen and oxygen atoms in total. The van der Waals surface area contributed by atoms with Crippen molar-refractivity contribution < 1.29 is 4.79 Å². The van der Waals surface area contributed by atoms with Gasteiger partial charge in [0.25, 0.3) is 0 Å². The fraction of sp³-hybridized carbons (Fsp3) is 0.556. The minimum absolute atomic E-state index is 0.114. The monoisotopic (exact) mass is 181 g/mol. The molecule has 0 atom stereocenters. The highest BCUT2D eigenvalue weighted by molar-refractivity contribution is 5.75. The number of H-pyrrole nitrogens is 1. The van der Waals surface area contributed by atoms with E-state index < -0.39 is 0 Å². The largest absolute Gasteiger partial charge is 0.352 e. The summed E-state index contributed by atoms with van der Waals surface area (Å²) in [4.78, 5) is 11.2. The summed E-state index contributed by atoms with van der Waals surface area (Å²) in [5.74, 6) is 0.114. The van der Waals surface area contributed by atoms with Crippen LogP contribution in [0.2, 0.25) is 0 Å². The standard InChI is InChI=1S/C9H15N3O/c1-2-3-4-9(13)10-5-8-6-11-12-7-8/h6-7H,2-5H2,1H3,(H,10,13)(H,11,12). The summed E-state index contributed by atoms with van der Waals surface area (Å²) in [5.41, 5.74) is 1.00. The Balaban J connectivity index is 2.15. The molecule has 0 aromatic carbocycles. The molecule has 0 aliphatic carbocycles. The number of unbranched alkanes of at least 4 members (excludes halogenated alkanes) is 1. The molecule has 0 bridgehead atoms. The van der Waals surface area contributed by atoms with Crippen molar-refractivity contribution in [3.05, 3.63) is 18.0 Å². The van der Waals surface area contributed by atoms with Crippen LogP contribution >= 0.6 is 0 Å². The molecule has 1 heterocycles. The number of hydrogen-bond donors (Lipinski definition) is 2. The number of aromatic nitrogens is 2. The molecule has 4 heteroatoms. The zero-order valence-corrected chi connectivity index (χ0v) is 7.84. The van der Waals surface area contributed by atoms with Crippen LogP contribution in [0.15, 0.2) is 12.4 Å². The molecule has 1 rings (SSSR count). The van der Waals surface area contributed by atoms with Gasteiger partial charge in [0.05, 0.1) is 6.20 Å². The lowest BCUT2D eigenvalue weighted by Gasteiger charge is -2.01. The molecule has 0 fully saturated rings. The SMILES string of the molecule is CCCCC(=O)NCc1cn[nH]c1. The van der Waals surface area contributed by atoms with Crippen molar-refractivity contribution in [1.82, 2.24) is 15.5 Å². The van der Waals surface area contributed by atoms with Gasteiger partial charge in [-0.2, -0.15) is 5.10 Å². The molecule has 2 N–H and O–H groups in total. The van der Waals surface area contributed by atoms with Crippen molar-refractivity contribution in [1.29, 1.82) is 0 Å². The molecule has 72 valence electrons.